The lowest BCUT2D eigenvalue weighted by atomic mass is 10.0. The predicted molar refractivity (Wildman–Crippen MR) is 140 cm³/mol. The normalized spacial score (nSPS) is 17.0. The van der Waals surface area contributed by atoms with E-state index in [1.807, 2.05) is 49.5 Å². The molecular weight excluding hydrogens is 493 g/mol. The van der Waals surface area contributed by atoms with Crippen molar-refractivity contribution in [2.45, 2.75) is 36.4 Å². The molecule has 0 saturated carbocycles. The molecule has 0 radical (unpaired) electrons. The molecule has 0 spiro atoms. The van der Waals surface area contributed by atoms with E-state index in [0.717, 1.165) is 41.8 Å². The summed E-state index contributed by atoms with van der Waals surface area (Å²) < 4.78 is 40.4. The molecule has 1 aliphatic rings. The molecule has 7 nitrogen and oxygen atoms in total. The van der Waals surface area contributed by atoms with Gasteiger partial charge in [-0.05, 0) is 47.4 Å². The molecule has 3 aromatic rings. The molecule has 1 amide bonds. The van der Waals surface area contributed by atoms with Crippen LogP contribution in [0.4, 0.5) is 4.39 Å². The highest BCUT2D eigenvalue weighted by Crippen LogP contribution is 2.24. The lowest BCUT2D eigenvalue weighted by molar-refractivity contribution is -0.131. The van der Waals surface area contributed by atoms with Gasteiger partial charge >= 0.3 is 0 Å². The Kier molecular flexibility index (Phi) is 8.71. The Morgan fingerprint density at radius 2 is 1.70 bits per heavy atom. The van der Waals surface area contributed by atoms with Crippen LogP contribution in [0.25, 0.3) is 0 Å². The molecule has 0 aromatic heterocycles. The molecule has 9 heteroatoms. The number of aliphatic hydroxyl groups excluding tert-OH is 1. The minimum Gasteiger partial charge on any atom is -0.392 e. The number of β-amino-alcohol motifs (C(OH)–C–C–N with tert-alkyl or cyclic N) is 1. The van der Waals surface area contributed by atoms with Crippen LogP contribution in [0.2, 0.25) is 0 Å². The molecule has 196 valence electrons. The molecule has 2 atom stereocenters. The maximum Gasteiger partial charge on any atom is 0.240 e. The van der Waals surface area contributed by atoms with E-state index >= 15 is 0 Å². The van der Waals surface area contributed by atoms with Crippen LogP contribution in [0, 0.1) is 5.82 Å². The number of likely N-dealkylation sites (N-methyl/N-ethyl adjacent to an activating group) is 1. The number of aliphatic hydroxyl groups is 1. The summed E-state index contributed by atoms with van der Waals surface area (Å²) >= 11 is 0. The van der Waals surface area contributed by atoms with E-state index < -0.39 is 15.8 Å². The van der Waals surface area contributed by atoms with Gasteiger partial charge in [0.1, 0.15) is 5.82 Å². The van der Waals surface area contributed by atoms with Crippen molar-refractivity contribution in [1.29, 1.82) is 0 Å². The van der Waals surface area contributed by atoms with Crippen molar-refractivity contribution >= 4 is 15.9 Å². The number of likely N-dealkylation sites (tertiary alicyclic amines) is 1. The van der Waals surface area contributed by atoms with E-state index in [2.05, 4.69) is 9.62 Å². The maximum absolute atomic E-state index is 13.2. The van der Waals surface area contributed by atoms with E-state index in [0.29, 0.717) is 13.1 Å². The minimum absolute atomic E-state index is 0.00411. The lowest BCUT2D eigenvalue weighted by Gasteiger charge is -2.32. The highest BCUT2D eigenvalue weighted by molar-refractivity contribution is 7.89. The Morgan fingerprint density at radius 3 is 2.32 bits per heavy atom. The molecule has 3 aromatic carbocycles. The fourth-order valence-electron chi connectivity index (χ4n) is 4.47. The third-order valence-electron chi connectivity index (χ3n) is 6.69. The van der Waals surface area contributed by atoms with Crippen molar-refractivity contribution in [3.05, 3.63) is 101 Å². The molecule has 1 heterocycles. The average Bonchev–Trinajstić information content (AvgIpc) is 3.32. The largest absolute Gasteiger partial charge is 0.392 e. The van der Waals surface area contributed by atoms with Gasteiger partial charge < -0.3 is 10.0 Å². The smallest absolute Gasteiger partial charge is 0.240 e. The van der Waals surface area contributed by atoms with E-state index in [-0.39, 0.29) is 35.9 Å². The first-order valence-electron chi connectivity index (χ1n) is 12.3. The number of amides is 1. The Labute approximate surface area is 217 Å². The molecule has 0 unspecified atom stereocenters. The van der Waals surface area contributed by atoms with Gasteiger partial charge in [0.2, 0.25) is 15.9 Å². The van der Waals surface area contributed by atoms with Gasteiger partial charge in [-0.2, -0.15) is 0 Å². The molecule has 1 saturated heterocycles. The Morgan fingerprint density at radius 1 is 1.05 bits per heavy atom. The van der Waals surface area contributed by atoms with Crippen molar-refractivity contribution in [2.75, 3.05) is 26.7 Å². The quantitative estimate of drug-likeness (QED) is 0.425. The number of benzene rings is 3. The molecule has 2 N–H and O–H groups in total. The van der Waals surface area contributed by atoms with Crippen LogP contribution in [0.3, 0.4) is 0 Å². The van der Waals surface area contributed by atoms with Gasteiger partial charge in [-0.3, -0.25) is 9.69 Å². The van der Waals surface area contributed by atoms with Gasteiger partial charge in [-0.15, -0.1) is 0 Å². The van der Waals surface area contributed by atoms with Crippen LogP contribution in [0.5, 0.6) is 0 Å². The highest BCUT2D eigenvalue weighted by Gasteiger charge is 2.28. The first kappa shape index (κ1) is 26.9. The second-order valence-electron chi connectivity index (χ2n) is 9.40. The summed E-state index contributed by atoms with van der Waals surface area (Å²) in [4.78, 5) is 17.2. The van der Waals surface area contributed by atoms with Gasteiger partial charge in [0.15, 0.2) is 0 Å². The summed E-state index contributed by atoms with van der Waals surface area (Å²) in [6.45, 7) is 2.14. The zero-order chi connectivity index (χ0) is 26.4. The number of carbonyl (C=O) groups excluding carboxylic acids is 1. The first-order valence-corrected chi connectivity index (χ1v) is 13.7. The summed E-state index contributed by atoms with van der Waals surface area (Å²) in [6, 6.07) is 21.6. The maximum atomic E-state index is 13.2. The Balaban J connectivity index is 1.37. The van der Waals surface area contributed by atoms with Crippen LogP contribution >= 0.6 is 0 Å². The van der Waals surface area contributed by atoms with Gasteiger partial charge in [0.25, 0.3) is 0 Å². The molecular formula is C28H32FN3O4S. The van der Waals surface area contributed by atoms with Crippen molar-refractivity contribution in [1.82, 2.24) is 14.5 Å². The number of carbonyl (C=O) groups is 1. The van der Waals surface area contributed by atoms with Gasteiger partial charge in [-0.25, -0.2) is 17.5 Å². The van der Waals surface area contributed by atoms with Crippen LogP contribution in [0.15, 0.2) is 83.8 Å². The van der Waals surface area contributed by atoms with E-state index in [1.54, 1.807) is 17.0 Å². The van der Waals surface area contributed by atoms with E-state index in [4.69, 9.17) is 0 Å². The van der Waals surface area contributed by atoms with Crippen LogP contribution in [-0.2, 0) is 27.8 Å². The van der Waals surface area contributed by atoms with Crippen molar-refractivity contribution in [3.63, 3.8) is 0 Å². The topological polar surface area (TPSA) is 90.0 Å². The van der Waals surface area contributed by atoms with Gasteiger partial charge in [0, 0.05) is 33.2 Å². The summed E-state index contributed by atoms with van der Waals surface area (Å²) in [5.41, 5.74) is 2.61. The van der Waals surface area contributed by atoms with Gasteiger partial charge in [-0.1, -0.05) is 54.6 Å². The summed E-state index contributed by atoms with van der Waals surface area (Å²) in [5.74, 6) is -0.530. The standard InChI is InChI=1S/C28H32FN3O4S/c1-31(27(23-5-3-2-4-6-23)20-32-16-15-25(33)19-32)28(34)17-21-7-9-22(10-8-21)18-30-37(35,36)26-13-11-24(29)12-14-26/h2-14,25,27,30,33H,15-20H2,1H3/t25-,27+/m0/s1. The molecule has 1 fully saturated rings. The second-order valence-corrected chi connectivity index (χ2v) is 11.2. The molecule has 37 heavy (non-hydrogen) atoms. The Hall–Kier alpha value is -3.11. The highest BCUT2D eigenvalue weighted by atomic mass is 32.2. The van der Waals surface area contributed by atoms with E-state index in [1.165, 1.54) is 12.1 Å². The first-order chi connectivity index (χ1) is 17.7. The summed E-state index contributed by atoms with van der Waals surface area (Å²) in [6.07, 6.45) is 0.631. The fourth-order valence-corrected chi connectivity index (χ4v) is 5.49. The summed E-state index contributed by atoms with van der Waals surface area (Å²) in [5, 5.41) is 9.93. The fraction of sp³-hybridized carbons (Fsp3) is 0.321. The number of halogens is 1. The zero-order valence-corrected chi connectivity index (χ0v) is 21.6. The number of rotatable bonds is 10. The number of nitrogens with zero attached hydrogens (tertiary/aromatic N) is 2. The lowest BCUT2D eigenvalue weighted by Crippen LogP contribution is -2.39. The van der Waals surface area contributed by atoms with Crippen molar-refractivity contribution in [3.8, 4) is 0 Å². The summed E-state index contributed by atoms with van der Waals surface area (Å²) in [7, 11) is -1.95. The number of hydrogen-bond donors (Lipinski definition) is 2. The van der Waals surface area contributed by atoms with Crippen molar-refractivity contribution < 1.29 is 22.7 Å². The number of sulfonamides is 1. The van der Waals surface area contributed by atoms with E-state index in [9.17, 15) is 22.7 Å². The molecule has 0 aliphatic carbocycles. The number of nitrogens with one attached hydrogen (secondary N) is 1. The third kappa shape index (κ3) is 7.23. The van der Waals surface area contributed by atoms with Crippen LogP contribution in [-0.4, -0.2) is 62.0 Å². The molecule has 0 bridgehead atoms. The van der Waals surface area contributed by atoms with Crippen LogP contribution in [0.1, 0.15) is 29.2 Å². The van der Waals surface area contributed by atoms with Crippen molar-refractivity contribution in [2.24, 2.45) is 0 Å². The second kappa shape index (κ2) is 12.0. The Bertz CT molecular complexity index is 1290. The minimum atomic E-state index is -3.76. The predicted octanol–water partition coefficient (Wildman–Crippen LogP) is 3.11. The molecule has 4 rings (SSSR count). The monoisotopic (exact) mass is 525 g/mol. The zero-order valence-electron chi connectivity index (χ0n) is 20.8. The average molecular weight is 526 g/mol. The molecule has 1 aliphatic heterocycles. The SMILES string of the molecule is CN(C(=O)Cc1ccc(CNS(=O)(=O)c2ccc(F)cc2)cc1)[C@H](CN1CC[C@H](O)C1)c1ccccc1. The van der Waals surface area contributed by atoms with Crippen LogP contribution < -0.4 is 4.72 Å². The van der Waals surface area contributed by atoms with Gasteiger partial charge in [0.05, 0.1) is 23.5 Å². The third-order valence-corrected chi connectivity index (χ3v) is 8.11. The number of hydrogen-bond acceptors (Lipinski definition) is 5.